The van der Waals surface area contributed by atoms with Crippen molar-refractivity contribution in [1.29, 1.82) is 0 Å². The molecule has 0 spiro atoms. The number of allylic oxidation sites excluding steroid dienone is 2. The zero-order valence-electron chi connectivity index (χ0n) is 10.5. The van der Waals surface area contributed by atoms with Gasteiger partial charge in [0.1, 0.15) is 0 Å². The van der Waals surface area contributed by atoms with Crippen LogP contribution < -0.4 is 0 Å². The van der Waals surface area contributed by atoms with Crippen molar-refractivity contribution in [2.24, 2.45) is 16.9 Å². The summed E-state index contributed by atoms with van der Waals surface area (Å²) in [5, 5.41) is 6.54. The van der Waals surface area contributed by atoms with Crippen LogP contribution in [0.2, 0.25) is 0 Å². The van der Waals surface area contributed by atoms with Crippen LogP contribution in [0.25, 0.3) is 0 Å². The summed E-state index contributed by atoms with van der Waals surface area (Å²) in [5.41, 5.74) is 3.85. The maximum Gasteiger partial charge on any atom is 0.0423 e. The second kappa shape index (κ2) is 4.65. The summed E-state index contributed by atoms with van der Waals surface area (Å²) < 4.78 is 0. The Labute approximate surface area is 93.4 Å². The Hall–Kier alpha value is -1.05. The molecule has 1 aliphatic heterocycles. The predicted molar refractivity (Wildman–Crippen MR) is 66.7 cm³/mol. The molecule has 0 radical (unpaired) electrons. The zero-order valence-corrected chi connectivity index (χ0v) is 10.5. The van der Waals surface area contributed by atoms with Gasteiger partial charge >= 0.3 is 0 Å². The SMILES string of the molecule is C=C(C)C(C)C1=CN(CC)N=C(C)C1C. The van der Waals surface area contributed by atoms with Crippen molar-refractivity contribution in [3.05, 3.63) is 23.9 Å². The first-order chi connectivity index (χ1) is 6.97. The van der Waals surface area contributed by atoms with E-state index in [9.17, 15) is 0 Å². The van der Waals surface area contributed by atoms with Gasteiger partial charge in [0, 0.05) is 24.4 Å². The van der Waals surface area contributed by atoms with Crippen LogP contribution in [0.4, 0.5) is 0 Å². The lowest BCUT2D eigenvalue weighted by atomic mass is 9.84. The van der Waals surface area contributed by atoms with E-state index in [0.717, 1.165) is 6.54 Å². The number of hydrazone groups is 1. The fourth-order valence-corrected chi connectivity index (χ4v) is 1.78. The molecule has 0 saturated carbocycles. The summed E-state index contributed by atoms with van der Waals surface area (Å²) >= 11 is 0. The van der Waals surface area contributed by atoms with Crippen molar-refractivity contribution < 1.29 is 0 Å². The summed E-state index contributed by atoms with van der Waals surface area (Å²) in [4.78, 5) is 0. The van der Waals surface area contributed by atoms with Crippen LogP contribution in [0.15, 0.2) is 29.0 Å². The summed E-state index contributed by atoms with van der Waals surface area (Å²) in [7, 11) is 0. The Balaban J connectivity index is 2.96. The highest BCUT2D eigenvalue weighted by Crippen LogP contribution is 2.29. The third-order valence-corrected chi connectivity index (χ3v) is 3.27. The van der Waals surface area contributed by atoms with Gasteiger partial charge in [-0.25, -0.2) is 0 Å². The molecule has 0 fully saturated rings. The molecule has 1 rings (SSSR count). The summed E-state index contributed by atoms with van der Waals surface area (Å²) in [6.07, 6.45) is 2.18. The third kappa shape index (κ3) is 2.49. The van der Waals surface area contributed by atoms with Gasteiger partial charge in [0.2, 0.25) is 0 Å². The lowest BCUT2D eigenvalue weighted by Gasteiger charge is -2.30. The molecule has 0 bridgehead atoms. The van der Waals surface area contributed by atoms with E-state index in [0.29, 0.717) is 11.8 Å². The highest BCUT2D eigenvalue weighted by molar-refractivity contribution is 5.87. The average molecular weight is 206 g/mol. The molecule has 1 heterocycles. The Morgan fingerprint density at radius 3 is 2.73 bits per heavy atom. The van der Waals surface area contributed by atoms with E-state index in [4.69, 9.17) is 0 Å². The molecule has 15 heavy (non-hydrogen) atoms. The minimum atomic E-state index is 0.444. The maximum atomic E-state index is 4.52. The average Bonchev–Trinajstić information content (AvgIpc) is 2.20. The van der Waals surface area contributed by atoms with Crippen LogP contribution in [0, 0.1) is 11.8 Å². The molecular weight excluding hydrogens is 184 g/mol. The van der Waals surface area contributed by atoms with Crippen molar-refractivity contribution in [2.45, 2.75) is 34.6 Å². The molecule has 0 N–H and O–H groups in total. The molecule has 0 amide bonds. The zero-order chi connectivity index (χ0) is 11.6. The molecule has 2 unspecified atom stereocenters. The van der Waals surface area contributed by atoms with E-state index >= 15 is 0 Å². The van der Waals surface area contributed by atoms with Crippen molar-refractivity contribution in [3.8, 4) is 0 Å². The molecule has 2 nitrogen and oxygen atoms in total. The van der Waals surface area contributed by atoms with Crippen LogP contribution in [-0.4, -0.2) is 17.3 Å². The number of hydrogen-bond acceptors (Lipinski definition) is 2. The maximum absolute atomic E-state index is 4.52. The molecular formula is C13H22N2. The fraction of sp³-hybridized carbons (Fsp3) is 0.615. The second-order valence-corrected chi connectivity index (χ2v) is 4.42. The fourth-order valence-electron chi connectivity index (χ4n) is 1.78. The molecule has 0 aromatic carbocycles. The second-order valence-electron chi connectivity index (χ2n) is 4.42. The topological polar surface area (TPSA) is 15.6 Å². The van der Waals surface area contributed by atoms with Crippen LogP contribution >= 0.6 is 0 Å². The Kier molecular flexibility index (Phi) is 3.72. The largest absolute Gasteiger partial charge is 0.273 e. The van der Waals surface area contributed by atoms with E-state index in [1.807, 2.05) is 5.01 Å². The van der Waals surface area contributed by atoms with E-state index in [2.05, 4.69) is 52.5 Å². The minimum Gasteiger partial charge on any atom is -0.273 e. The van der Waals surface area contributed by atoms with Crippen LogP contribution in [-0.2, 0) is 0 Å². The number of nitrogens with zero attached hydrogens (tertiary/aromatic N) is 2. The lowest BCUT2D eigenvalue weighted by molar-refractivity contribution is 0.395. The molecule has 0 aromatic heterocycles. The Bertz CT molecular complexity index is 306. The van der Waals surface area contributed by atoms with Crippen molar-refractivity contribution in [1.82, 2.24) is 5.01 Å². The third-order valence-electron chi connectivity index (χ3n) is 3.27. The van der Waals surface area contributed by atoms with Gasteiger partial charge in [-0.2, -0.15) is 5.10 Å². The first-order valence-corrected chi connectivity index (χ1v) is 5.66. The van der Waals surface area contributed by atoms with Crippen molar-refractivity contribution >= 4 is 5.71 Å². The summed E-state index contributed by atoms with van der Waals surface area (Å²) in [5.74, 6) is 0.888. The van der Waals surface area contributed by atoms with Gasteiger partial charge in [0.25, 0.3) is 0 Å². The quantitative estimate of drug-likeness (QED) is 0.646. The molecule has 2 heteroatoms. The summed E-state index contributed by atoms with van der Waals surface area (Å²) in [6.45, 7) is 15.7. The van der Waals surface area contributed by atoms with E-state index in [1.165, 1.54) is 16.9 Å². The normalized spacial score (nSPS) is 23.3. The van der Waals surface area contributed by atoms with Crippen LogP contribution in [0.3, 0.4) is 0 Å². The smallest absolute Gasteiger partial charge is 0.0423 e. The van der Waals surface area contributed by atoms with Gasteiger partial charge < -0.3 is 0 Å². The highest BCUT2D eigenvalue weighted by atomic mass is 15.4. The van der Waals surface area contributed by atoms with Gasteiger partial charge in [-0.3, -0.25) is 5.01 Å². The Morgan fingerprint density at radius 1 is 1.67 bits per heavy atom. The number of rotatable bonds is 3. The number of hydrogen-bond donors (Lipinski definition) is 0. The van der Waals surface area contributed by atoms with Crippen LogP contribution in [0.5, 0.6) is 0 Å². The summed E-state index contributed by atoms with van der Waals surface area (Å²) in [6, 6.07) is 0. The molecule has 2 atom stereocenters. The highest BCUT2D eigenvalue weighted by Gasteiger charge is 2.23. The van der Waals surface area contributed by atoms with E-state index in [-0.39, 0.29) is 0 Å². The first-order valence-electron chi connectivity index (χ1n) is 5.66. The lowest BCUT2D eigenvalue weighted by Crippen LogP contribution is -2.26. The monoisotopic (exact) mass is 206 g/mol. The van der Waals surface area contributed by atoms with Crippen LogP contribution in [0.1, 0.15) is 34.6 Å². The minimum absolute atomic E-state index is 0.444. The van der Waals surface area contributed by atoms with Gasteiger partial charge in [-0.1, -0.05) is 26.0 Å². The van der Waals surface area contributed by atoms with Gasteiger partial charge in [-0.05, 0) is 32.3 Å². The molecule has 84 valence electrons. The predicted octanol–water partition coefficient (Wildman–Crippen LogP) is 3.43. The Morgan fingerprint density at radius 2 is 2.27 bits per heavy atom. The molecule has 0 aliphatic carbocycles. The van der Waals surface area contributed by atoms with Gasteiger partial charge in [-0.15, -0.1) is 0 Å². The first kappa shape index (κ1) is 12.0. The van der Waals surface area contributed by atoms with Gasteiger partial charge in [0.15, 0.2) is 0 Å². The molecule has 0 saturated heterocycles. The standard InChI is InChI=1S/C13H22N2/c1-7-15-8-13(10(4)9(2)3)11(5)12(6)14-15/h8,10-11H,2,7H2,1,3-6H3. The van der Waals surface area contributed by atoms with Gasteiger partial charge in [0.05, 0.1) is 0 Å². The van der Waals surface area contributed by atoms with E-state index < -0.39 is 0 Å². The molecule has 0 aromatic rings. The van der Waals surface area contributed by atoms with E-state index in [1.54, 1.807) is 0 Å². The van der Waals surface area contributed by atoms with Crippen molar-refractivity contribution in [3.63, 3.8) is 0 Å². The molecule has 1 aliphatic rings. The van der Waals surface area contributed by atoms with Crippen molar-refractivity contribution in [2.75, 3.05) is 6.54 Å².